The zero-order valence-corrected chi connectivity index (χ0v) is 9.63. The van der Waals surface area contributed by atoms with Gasteiger partial charge < -0.3 is 10.4 Å². The summed E-state index contributed by atoms with van der Waals surface area (Å²) in [6.45, 7) is 5.66. The molecule has 2 heteroatoms. The van der Waals surface area contributed by atoms with Gasteiger partial charge in [0.15, 0.2) is 0 Å². The van der Waals surface area contributed by atoms with Crippen molar-refractivity contribution in [1.82, 2.24) is 5.32 Å². The molecule has 0 aliphatic heterocycles. The van der Waals surface area contributed by atoms with Crippen LogP contribution in [0.25, 0.3) is 0 Å². The maximum absolute atomic E-state index is 9.13. The Hall–Kier alpha value is -0.0800. The molecule has 0 aromatic rings. The van der Waals surface area contributed by atoms with Gasteiger partial charge in [-0.1, -0.05) is 39.5 Å². The van der Waals surface area contributed by atoms with Crippen LogP contribution in [-0.4, -0.2) is 24.3 Å². The Bertz CT molecular complexity index is 141. The molecule has 0 amide bonds. The Balaban J connectivity index is 2.06. The molecule has 2 N–H and O–H groups in total. The van der Waals surface area contributed by atoms with Crippen LogP contribution in [0.15, 0.2) is 0 Å². The number of nitrogens with one attached hydrogen (secondary N) is 1. The van der Waals surface area contributed by atoms with E-state index in [1.165, 1.54) is 32.1 Å². The average molecular weight is 199 g/mol. The van der Waals surface area contributed by atoms with Gasteiger partial charge in [0.1, 0.15) is 0 Å². The molecule has 1 atom stereocenters. The number of aliphatic hydroxyl groups is 1. The minimum atomic E-state index is 0.266. The summed E-state index contributed by atoms with van der Waals surface area (Å²) in [5.74, 6) is 1.48. The molecule has 84 valence electrons. The molecule has 1 saturated carbocycles. The van der Waals surface area contributed by atoms with Crippen LogP contribution in [0, 0.1) is 11.8 Å². The quantitative estimate of drug-likeness (QED) is 0.687. The second-order valence-electron chi connectivity index (χ2n) is 4.93. The summed E-state index contributed by atoms with van der Waals surface area (Å²) in [5, 5.41) is 12.6. The van der Waals surface area contributed by atoms with E-state index in [-0.39, 0.29) is 12.6 Å². The van der Waals surface area contributed by atoms with Gasteiger partial charge in [-0.3, -0.25) is 0 Å². The van der Waals surface area contributed by atoms with Crippen LogP contribution in [0.4, 0.5) is 0 Å². The second-order valence-corrected chi connectivity index (χ2v) is 4.93. The lowest BCUT2D eigenvalue weighted by molar-refractivity contribution is 0.209. The van der Waals surface area contributed by atoms with Crippen LogP contribution in [-0.2, 0) is 0 Å². The molecular weight excluding hydrogens is 174 g/mol. The standard InChI is InChI=1S/C12H25NO/c1-10(2)12(9-14)13-8-7-11-5-3-4-6-11/h10-14H,3-9H2,1-2H3. The Morgan fingerprint density at radius 2 is 1.93 bits per heavy atom. The van der Waals surface area contributed by atoms with E-state index in [0.29, 0.717) is 5.92 Å². The topological polar surface area (TPSA) is 32.3 Å². The smallest absolute Gasteiger partial charge is 0.0587 e. The lowest BCUT2D eigenvalue weighted by Crippen LogP contribution is -2.38. The highest BCUT2D eigenvalue weighted by molar-refractivity contribution is 4.72. The first-order valence-corrected chi connectivity index (χ1v) is 6.08. The van der Waals surface area contributed by atoms with Crippen molar-refractivity contribution in [2.24, 2.45) is 11.8 Å². The van der Waals surface area contributed by atoms with Gasteiger partial charge in [0.05, 0.1) is 6.61 Å². The van der Waals surface area contributed by atoms with Crippen molar-refractivity contribution in [1.29, 1.82) is 0 Å². The molecule has 14 heavy (non-hydrogen) atoms. The van der Waals surface area contributed by atoms with Crippen LogP contribution < -0.4 is 5.32 Å². The van der Waals surface area contributed by atoms with E-state index in [0.717, 1.165) is 12.5 Å². The second kappa shape index (κ2) is 6.41. The first-order valence-electron chi connectivity index (χ1n) is 6.08. The van der Waals surface area contributed by atoms with Crippen molar-refractivity contribution in [3.8, 4) is 0 Å². The molecule has 0 spiro atoms. The molecule has 0 bridgehead atoms. The van der Waals surface area contributed by atoms with Gasteiger partial charge in [0.25, 0.3) is 0 Å². The lowest BCUT2D eigenvalue weighted by Gasteiger charge is -2.20. The van der Waals surface area contributed by atoms with Gasteiger partial charge in [0, 0.05) is 6.04 Å². The van der Waals surface area contributed by atoms with Crippen LogP contribution in [0.3, 0.4) is 0 Å². The summed E-state index contributed by atoms with van der Waals surface area (Å²) in [6.07, 6.45) is 7.00. The van der Waals surface area contributed by atoms with Crippen LogP contribution in [0.2, 0.25) is 0 Å². The van der Waals surface area contributed by atoms with Gasteiger partial charge in [0.2, 0.25) is 0 Å². The monoisotopic (exact) mass is 199 g/mol. The average Bonchev–Trinajstić information content (AvgIpc) is 2.64. The van der Waals surface area contributed by atoms with E-state index in [1.54, 1.807) is 0 Å². The molecule has 2 nitrogen and oxygen atoms in total. The maximum atomic E-state index is 9.13. The number of rotatable bonds is 6. The molecule has 1 aliphatic carbocycles. The molecule has 1 rings (SSSR count). The Morgan fingerprint density at radius 3 is 2.43 bits per heavy atom. The highest BCUT2D eigenvalue weighted by atomic mass is 16.3. The minimum Gasteiger partial charge on any atom is -0.395 e. The van der Waals surface area contributed by atoms with Gasteiger partial charge in [-0.25, -0.2) is 0 Å². The first kappa shape index (κ1) is 12.0. The Kier molecular flexibility index (Phi) is 5.49. The fourth-order valence-corrected chi connectivity index (χ4v) is 2.28. The fourth-order valence-electron chi connectivity index (χ4n) is 2.28. The zero-order valence-electron chi connectivity index (χ0n) is 9.63. The third kappa shape index (κ3) is 3.97. The van der Waals surface area contributed by atoms with Crippen molar-refractivity contribution in [3.05, 3.63) is 0 Å². The summed E-state index contributed by atoms with van der Waals surface area (Å²) in [5.41, 5.74) is 0. The SMILES string of the molecule is CC(C)C(CO)NCCC1CCCC1. The van der Waals surface area contributed by atoms with Crippen LogP contribution in [0.5, 0.6) is 0 Å². The molecule has 1 unspecified atom stereocenters. The van der Waals surface area contributed by atoms with Gasteiger partial charge in [-0.15, -0.1) is 0 Å². The van der Waals surface area contributed by atoms with Gasteiger partial charge in [-0.05, 0) is 24.8 Å². The van der Waals surface area contributed by atoms with Crippen LogP contribution in [0.1, 0.15) is 46.0 Å². The zero-order chi connectivity index (χ0) is 10.4. The highest BCUT2D eigenvalue weighted by Gasteiger charge is 2.16. The van der Waals surface area contributed by atoms with Crippen molar-refractivity contribution >= 4 is 0 Å². The van der Waals surface area contributed by atoms with Crippen LogP contribution >= 0.6 is 0 Å². The number of aliphatic hydroxyl groups excluding tert-OH is 1. The van der Waals surface area contributed by atoms with E-state index in [4.69, 9.17) is 5.11 Å². The summed E-state index contributed by atoms with van der Waals surface area (Å²) in [6, 6.07) is 0.288. The molecule has 0 heterocycles. The van der Waals surface area contributed by atoms with Gasteiger partial charge in [-0.2, -0.15) is 0 Å². The third-order valence-electron chi connectivity index (χ3n) is 3.44. The molecule has 0 radical (unpaired) electrons. The van der Waals surface area contributed by atoms with E-state index >= 15 is 0 Å². The molecular formula is C12H25NO. The molecule has 0 aromatic heterocycles. The van der Waals surface area contributed by atoms with Gasteiger partial charge >= 0.3 is 0 Å². The van der Waals surface area contributed by atoms with E-state index in [2.05, 4.69) is 19.2 Å². The molecule has 1 aliphatic rings. The van der Waals surface area contributed by atoms with E-state index < -0.39 is 0 Å². The lowest BCUT2D eigenvalue weighted by atomic mass is 10.0. The van der Waals surface area contributed by atoms with Crippen molar-refractivity contribution in [3.63, 3.8) is 0 Å². The Labute approximate surface area is 88.1 Å². The molecule has 1 fully saturated rings. The van der Waals surface area contributed by atoms with Crippen molar-refractivity contribution < 1.29 is 5.11 Å². The number of hydrogen-bond acceptors (Lipinski definition) is 2. The summed E-state index contributed by atoms with van der Waals surface area (Å²) in [4.78, 5) is 0. The van der Waals surface area contributed by atoms with Crippen molar-refractivity contribution in [2.45, 2.75) is 52.0 Å². The summed E-state index contributed by atoms with van der Waals surface area (Å²) >= 11 is 0. The summed E-state index contributed by atoms with van der Waals surface area (Å²) in [7, 11) is 0. The number of hydrogen-bond donors (Lipinski definition) is 2. The largest absolute Gasteiger partial charge is 0.395 e. The molecule has 0 saturated heterocycles. The maximum Gasteiger partial charge on any atom is 0.0587 e. The third-order valence-corrected chi connectivity index (χ3v) is 3.44. The van der Waals surface area contributed by atoms with E-state index in [1.807, 2.05) is 0 Å². The highest BCUT2D eigenvalue weighted by Crippen LogP contribution is 2.26. The first-order chi connectivity index (χ1) is 6.74. The van der Waals surface area contributed by atoms with Crippen molar-refractivity contribution in [2.75, 3.05) is 13.2 Å². The van der Waals surface area contributed by atoms with E-state index in [9.17, 15) is 0 Å². The summed E-state index contributed by atoms with van der Waals surface area (Å²) < 4.78 is 0. The minimum absolute atomic E-state index is 0.266. The predicted molar refractivity (Wildman–Crippen MR) is 60.3 cm³/mol. The Morgan fingerprint density at radius 1 is 1.29 bits per heavy atom. The fraction of sp³-hybridized carbons (Fsp3) is 1.00. The predicted octanol–water partition coefficient (Wildman–Crippen LogP) is 2.17. The normalized spacial score (nSPS) is 20.6. The molecule has 0 aromatic carbocycles.